The van der Waals surface area contributed by atoms with Crippen LogP contribution in [0.25, 0.3) is 10.9 Å². The van der Waals surface area contributed by atoms with Gasteiger partial charge in [-0.2, -0.15) is 5.10 Å². The van der Waals surface area contributed by atoms with Gasteiger partial charge in [-0.1, -0.05) is 25.5 Å². The molecule has 3 saturated heterocycles. The molecule has 3 fully saturated rings. The van der Waals surface area contributed by atoms with E-state index < -0.39 is 0 Å². The molecule has 2 bridgehead atoms. The zero-order chi connectivity index (χ0) is 18.5. The molecule has 1 aromatic carbocycles. The Balaban J connectivity index is 0.000000613. The van der Waals surface area contributed by atoms with Gasteiger partial charge in [0.1, 0.15) is 0 Å². The van der Waals surface area contributed by atoms with Crippen molar-refractivity contribution in [3.05, 3.63) is 29.5 Å². The first kappa shape index (κ1) is 18.4. The van der Waals surface area contributed by atoms with E-state index in [0.29, 0.717) is 11.6 Å². The van der Waals surface area contributed by atoms with Crippen molar-refractivity contribution in [1.29, 1.82) is 0 Å². The number of hydrogen-bond acceptors (Lipinski definition) is 4. The monoisotopic (exact) mass is 358 g/mol. The highest BCUT2D eigenvalue weighted by atomic mass is 16.3. The SMILES string of the molecule is CCCc1ccc2c(C(=O)N[C@@H]3CN4CCC3CC4)n[nH]c2c1.O=CO. The van der Waals surface area contributed by atoms with Crippen LogP contribution in [0.1, 0.15) is 42.2 Å². The van der Waals surface area contributed by atoms with Crippen LogP contribution in [-0.2, 0) is 11.2 Å². The normalized spacial score (nSPS) is 24.0. The molecule has 1 aromatic heterocycles. The van der Waals surface area contributed by atoms with Gasteiger partial charge >= 0.3 is 0 Å². The molecule has 2 aromatic rings. The van der Waals surface area contributed by atoms with E-state index in [1.807, 2.05) is 6.07 Å². The molecule has 1 amide bonds. The maximum absolute atomic E-state index is 12.7. The van der Waals surface area contributed by atoms with Gasteiger partial charge in [-0.15, -0.1) is 0 Å². The molecule has 140 valence electrons. The molecule has 0 saturated carbocycles. The van der Waals surface area contributed by atoms with Crippen LogP contribution in [0.4, 0.5) is 0 Å². The van der Waals surface area contributed by atoms with Crippen LogP contribution in [0.3, 0.4) is 0 Å². The summed E-state index contributed by atoms with van der Waals surface area (Å²) in [6.45, 7) is 5.27. The summed E-state index contributed by atoms with van der Waals surface area (Å²) < 4.78 is 0. The standard InChI is InChI=1S/C18H24N4O.CH2O2/c1-2-3-12-4-5-14-15(10-12)20-21-17(14)18(23)19-16-11-22-8-6-13(16)7-9-22;2-1-3/h4-5,10,13,16H,2-3,6-9,11H2,1H3,(H,19,23)(H,20,21);1H,(H,2,3)/t16-;/m1./s1. The van der Waals surface area contributed by atoms with Crippen molar-refractivity contribution in [2.75, 3.05) is 19.6 Å². The van der Waals surface area contributed by atoms with E-state index in [2.05, 4.69) is 39.5 Å². The summed E-state index contributed by atoms with van der Waals surface area (Å²) in [4.78, 5) is 23.5. The van der Waals surface area contributed by atoms with Gasteiger partial charge in [-0.3, -0.25) is 14.7 Å². The van der Waals surface area contributed by atoms with Gasteiger partial charge < -0.3 is 15.3 Å². The second-order valence-electron chi connectivity index (χ2n) is 7.03. The number of carboxylic acid groups (broad SMARTS) is 1. The van der Waals surface area contributed by atoms with Gasteiger partial charge in [0.05, 0.1) is 5.52 Å². The molecule has 0 spiro atoms. The number of carbonyl (C=O) groups excluding carboxylic acids is 1. The fraction of sp³-hybridized carbons (Fsp3) is 0.526. The van der Waals surface area contributed by atoms with Crippen LogP contribution in [0, 0.1) is 5.92 Å². The van der Waals surface area contributed by atoms with Gasteiger partial charge in [0.25, 0.3) is 12.4 Å². The van der Waals surface area contributed by atoms with Gasteiger partial charge in [-0.25, -0.2) is 0 Å². The number of H-pyrrole nitrogens is 1. The second kappa shape index (κ2) is 8.31. The van der Waals surface area contributed by atoms with E-state index in [1.54, 1.807) is 0 Å². The Morgan fingerprint density at radius 2 is 2.15 bits per heavy atom. The molecular weight excluding hydrogens is 332 g/mol. The van der Waals surface area contributed by atoms with Crippen LogP contribution in [0.15, 0.2) is 18.2 Å². The highest BCUT2D eigenvalue weighted by Gasteiger charge is 2.35. The lowest BCUT2D eigenvalue weighted by Gasteiger charge is -2.44. The summed E-state index contributed by atoms with van der Waals surface area (Å²) in [7, 11) is 0. The largest absolute Gasteiger partial charge is 0.483 e. The Morgan fingerprint density at radius 1 is 1.42 bits per heavy atom. The van der Waals surface area contributed by atoms with Crippen molar-refractivity contribution in [2.45, 2.75) is 38.6 Å². The number of hydrogen-bond donors (Lipinski definition) is 3. The lowest BCUT2D eigenvalue weighted by atomic mass is 9.84. The van der Waals surface area contributed by atoms with Crippen LogP contribution in [0.5, 0.6) is 0 Å². The average molecular weight is 358 g/mol. The summed E-state index contributed by atoms with van der Waals surface area (Å²) in [5.74, 6) is 0.587. The Bertz CT molecular complexity index is 765. The number of fused-ring (bicyclic) bond motifs is 4. The fourth-order valence-corrected chi connectivity index (χ4v) is 4.05. The quantitative estimate of drug-likeness (QED) is 0.727. The number of nitrogens with one attached hydrogen (secondary N) is 2. The maximum Gasteiger partial charge on any atom is 0.290 e. The summed E-state index contributed by atoms with van der Waals surface area (Å²) in [6, 6.07) is 6.51. The third-order valence-electron chi connectivity index (χ3n) is 5.35. The molecule has 1 atom stereocenters. The topological polar surface area (TPSA) is 98.3 Å². The minimum Gasteiger partial charge on any atom is -0.483 e. The summed E-state index contributed by atoms with van der Waals surface area (Å²) >= 11 is 0. The first-order chi connectivity index (χ1) is 12.7. The zero-order valence-electron chi connectivity index (χ0n) is 15.1. The molecule has 4 heterocycles. The van der Waals surface area contributed by atoms with Crippen LogP contribution < -0.4 is 5.32 Å². The molecule has 3 aliphatic rings. The van der Waals surface area contributed by atoms with E-state index in [4.69, 9.17) is 9.90 Å². The molecule has 5 rings (SSSR count). The molecule has 7 heteroatoms. The molecule has 0 radical (unpaired) electrons. The molecule has 0 aliphatic carbocycles. The predicted molar refractivity (Wildman–Crippen MR) is 99.2 cm³/mol. The highest BCUT2D eigenvalue weighted by Crippen LogP contribution is 2.28. The molecule has 26 heavy (non-hydrogen) atoms. The third kappa shape index (κ3) is 3.88. The number of nitrogens with zero attached hydrogens (tertiary/aromatic N) is 2. The lowest BCUT2D eigenvalue weighted by molar-refractivity contribution is -0.122. The molecular formula is C19H26N4O3. The number of aromatic nitrogens is 2. The summed E-state index contributed by atoms with van der Waals surface area (Å²) in [5.41, 5.74) is 2.77. The number of piperidine rings is 3. The van der Waals surface area contributed by atoms with Gasteiger partial charge in [0.15, 0.2) is 5.69 Å². The molecule has 0 unspecified atom stereocenters. The summed E-state index contributed by atoms with van der Waals surface area (Å²) in [6.07, 6.45) is 4.57. The van der Waals surface area contributed by atoms with Crippen LogP contribution in [0.2, 0.25) is 0 Å². The number of rotatable bonds is 4. The fourth-order valence-electron chi connectivity index (χ4n) is 4.05. The van der Waals surface area contributed by atoms with Gasteiger partial charge in [0, 0.05) is 18.0 Å². The second-order valence-corrected chi connectivity index (χ2v) is 7.03. The Kier molecular flexibility index (Phi) is 5.88. The van der Waals surface area contributed by atoms with Crippen molar-refractivity contribution < 1.29 is 14.7 Å². The lowest BCUT2D eigenvalue weighted by Crippen LogP contribution is -2.57. The highest BCUT2D eigenvalue weighted by molar-refractivity contribution is 6.04. The Morgan fingerprint density at radius 3 is 2.77 bits per heavy atom. The number of benzene rings is 1. The van der Waals surface area contributed by atoms with E-state index in [0.717, 1.165) is 30.3 Å². The smallest absolute Gasteiger partial charge is 0.290 e. The average Bonchev–Trinajstić information content (AvgIpc) is 3.07. The first-order valence-electron chi connectivity index (χ1n) is 9.24. The maximum atomic E-state index is 12.7. The van der Waals surface area contributed by atoms with E-state index >= 15 is 0 Å². The minimum atomic E-state index is -0.250. The Hall–Kier alpha value is -2.41. The zero-order valence-corrected chi connectivity index (χ0v) is 15.1. The van der Waals surface area contributed by atoms with Crippen molar-refractivity contribution >= 4 is 23.3 Å². The first-order valence-corrected chi connectivity index (χ1v) is 9.24. The number of aryl methyl sites for hydroxylation is 1. The van der Waals surface area contributed by atoms with Crippen molar-refractivity contribution in [2.24, 2.45) is 5.92 Å². The van der Waals surface area contributed by atoms with Crippen LogP contribution in [-0.4, -0.2) is 58.3 Å². The van der Waals surface area contributed by atoms with Gasteiger partial charge in [-0.05, 0) is 49.9 Å². The van der Waals surface area contributed by atoms with E-state index in [-0.39, 0.29) is 18.4 Å². The minimum absolute atomic E-state index is 0.0433. The third-order valence-corrected chi connectivity index (χ3v) is 5.35. The molecule has 3 N–H and O–H groups in total. The number of amides is 1. The van der Waals surface area contributed by atoms with Gasteiger partial charge in [0.2, 0.25) is 0 Å². The van der Waals surface area contributed by atoms with E-state index in [1.165, 1.54) is 31.5 Å². The predicted octanol–water partition coefficient (Wildman–Crippen LogP) is 2.04. The Labute approximate surface area is 152 Å². The van der Waals surface area contributed by atoms with Crippen molar-refractivity contribution in [1.82, 2.24) is 20.4 Å². The van der Waals surface area contributed by atoms with E-state index in [9.17, 15) is 4.79 Å². The van der Waals surface area contributed by atoms with Crippen molar-refractivity contribution in [3.63, 3.8) is 0 Å². The van der Waals surface area contributed by atoms with Crippen LogP contribution >= 0.6 is 0 Å². The number of aromatic amines is 1. The summed E-state index contributed by atoms with van der Waals surface area (Å²) in [5, 5.41) is 18.3. The molecule has 7 nitrogen and oxygen atoms in total. The number of carbonyl (C=O) groups is 2. The van der Waals surface area contributed by atoms with Crippen molar-refractivity contribution in [3.8, 4) is 0 Å². The molecule has 3 aliphatic heterocycles.